The molecule has 0 radical (unpaired) electrons. The van der Waals surface area contributed by atoms with E-state index < -0.39 is 0 Å². The minimum atomic E-state index is 0.0770. The molecule has 0 saturated carbocycles. The Morgan fingerprint density at radius 3 is 2.72 bits per heavy atom. The zero-order valence-corrected chi connectivity index (χ0v) is 15.7. The smallest absolute Gasteiger partial charge is 0.224 e. The molecule has 2 aromatic rings. The van der Waals surface area contributed by atoms with Crippen molar-refractivity contribution in [3.63, 3.8) is 0 Å². The Labute approximate surface area is 150 Å². The molecular formula is C21H30N2O2. The van der Waals surface area contributed by atoms with E-state index in [4.69, 9.17) is 4.42 Å². The standard InChI is InChI=1S/C21H30N2O2/c1-15-5-9-23(10-6-15)8-4-7-22-21(24)13-18-14-25-20-12-17(3)16(2)11-19(18)20/h11-12,14-15H,4-10,13H2,1-3H3,(H,22,24). The number of piperidine rings is 1. The number of nitrogens with one attached hydrogen (secondary N) is 1. The van der Waals surface area contributed by atoms with Gasteiger partial charge in [-0.1, -0.05) is 6.92 Å². The van der Waals surface area contributed by atoms with Gasteiger partial charge in [0.1, 0.15) is 5.58 Å². The maximum absolute atomic E-state index is 12.2. The second-order valence-electron chi connectivity index (χ2n) is 7.60. The van der Waals surface area contributed by atoms with Crippen LogP contribution in [0.1, 0.15) is 42.9 Å². The summed E-state index contributed by atoms with van der Waals surface area (Å²) in [6, 6.07) is 4.17. The molecule has 1 fully saturated rings. The molecule has 3 rings (SSSR count). The number of carbonyl (C=O) groups excluding carboxylic acids is 1. The molecular weight excluding hydrogens is 312 g/mol. The lowest BCUT2D eigenvalue weighted by molar-refractivity contribution is -0.120. The largest absolute Gasteiger partial charge is 0.464 e. The number of furan rings is 1. The van der Waals surface area contributed by atoms with Gasteiger partial charge in [-0.2, -0.15) is 0 Å². The number of aryl methyl sites for hydroxylation is 2. The van der Waals surface area contributed by atoms with E-state index in [0.29, 0.717) is 6.42 Å². The molecule has 1 aliphatic heterocycles. The van der Waals surface area contributed by atoms with Crippen LogP contribution in [0.2, 0.25) is 0 Å². The van der Waals surface area contributed by atoms with Crippen molar-refractivity contribution in [3.05, 3.63) is 35.1 Å². The predicted octanol–water partition coefficient (Wildman–Crippen LogP) is 3.83. The summed E-state index contributed by atoms with van der Waals surface area (Å²) in [6.45, 7) is 10.7. The topological polar surface area (TPSA) is 45.5 Å². The average molecular weight is 342 g/mol. The van der Waals surface area contributed by atoms with Gasteiger partial charge in [0.2, 0.25) is 5.91 Å². The number of amides is 1. The number of benzene rings is 1. The summed E-state index contributed by atoms with van der Waals surface area (Å²) in [6.07, 6.45) is 5.73. The fraction of sp³-hybridized carbons (Fsp3) is 0.571. The number of hydrogen-bond donors (Lipinski definition) is 1. The fourth-order valence-electron chi connectivity index (χ4n) is 3.52. The lowest BCUT2D eigenvalue weighted by atomic mass is 9.99. The summed E-state index contributed by atoms with van der Waals surface area (Å²) < 4.78 is 5.61. The molecule has 1 aromatic carbocycles. The Hall–Kier alpha value is -1.81. The Balaban J connectivity index is 1.44. The summed E-state index contributed by atoms with van der Waals surface area (Å²) in [5.74, 6) is 0.946. The molecule has 1 saturated heterocycles. The average Bonchev–Trinajstić information content (AvgIpc) is 2.95. The highest BCUT2D eigenvalue weighted by molar-refractivity contribution is 5.88. The van der Waals surface area contributed by atoms with E-state index in [-0.39, 0.29) is 5.91 Å². The molecule has 1 aliphatic rings. The molecule has 4 heteroatoms. The lowest BCUT2D eigenvalue weighted by Crippen LogP contribution is -2.35. The van der Waals surface area contributed by atoms with Crippen LogP contribution in [-0.2, 0) is 11.2 Å². The maximum atomic E-state index is 12.2. The molecule has 25 heavy (non-hydrogen) atoms. The molecule has 2 heterocycles. The van der Waals surface area contributed by atoms with Gasteiger partial charge in [0.25, 0.3) is 0 Å². The van der Waals surface area contributed by atoms with E-state index in [1.54, 1.807) is 6.26 Å². The first kappa shape index (κ1) is 18.0. The Morgan fingerprint density at radius 1 is 1.24 bits per heavy atom. The number of nitrogens with zero attached hydrogens (tertiary/aromatic N) is 1. The molecule has 1 N–H and O–H groups in total. The van der Waals surface area contributed by atoms with Crippen molar-refractivity contribution in [1.29, 1.82) is 0 Å². The normalized spacial score (nSPS) is 16.4. The molecule has 0 atom stereocenters. The molecule has 136 valence electrons. The maximum Gasteiger partial charge on any atom is 0.224 e. The first-order chi connectivity index (χ1) is 12.0. The van der Waals surface area contributed by atoms with Crippen molar-refractivity contribution in [2.75, 3.05) is 26.2 Å². The minimum absolute atomic E-state index is 0.0770. The third-order valence-corrected chi connectivity index (χ3v) is 5.47. The van der Waals surface area contributed by atoms with Gasteiger partial charge < -0.3 is 14.6 Å². The molecule has 0 aliphatic carbocycles. The number of likely N-dealkylation sites (tertiary alicyclic amines) is 1. The molecule has 0 unspecified atom stereocenters. The fourth-order valence-corrected chi connectivity index (χ4v) is 3.52. The summed E-state index contributed by atoms with van der Waals surface area (Å²) >= 11 is 0. The summed E-state index contributed by atoms with van der Waals surface area (Å²) in [5.41, 5.74) is 4.28. The van der Waals surface area contributed by atoms with Gasteiger partial charge in [-0.25, -0.2) is 0 Å². The molecule has 0 bridgehead atoms. The van der Waals surface area contributed by atoms with Crippen LogP contribution in [0.25, 0.3) is 11.0 Å². The third-order valence-electron chi connectivity index (χ3n) is 5.47. The van der Waals surface area contributed by atoms with Crippen LogP contribution in [-0.4, -0.2) is 37.0 Å². The van der Waals surface area contributed by atoms with Crippen molar-refractivity contribution in [2.24, 2.45) is 5.92 Å². The molecule has 0 spiro atoms. The van der Waals surface area contributed by atoms with Gasteiger partial charge in [-0.3, -0.25) is 4.79 Å². The van der Waals surface area contributed by atoms with Crippen LogP contribution in [0.15, 0.2) is 22.8 Å². The number of rotatable bonds is 6. The van der Waals surface area contributed by atoms with Crippen molar-refractivity contribution in [2.45, 2.75) is 46.5 Å². The van der Waals surface area contributed by atoms with Gasteiger partial charge in [-0.15, -0.1) is 0 Å². The number of fused-ring (bicyclic) bond motifs is 1. The molecule has 1 amide bonds. The van der Waals surface area contributed by atoms with Crippen molar-refractivity contribution >= 4 is 16.9 Å². The summed E-state index contributed by atoms with van der Waals surface area (Å²) in [7, 11) is 0. The van der Waals surface area contributed by atoms with Crippen molar-refractivity contribution in [1.82, 2.24) is 10.2 Å². The highest BCUT2D eigenvalue weighted by Crippen LogP contribution is 2.25. The van der Waals surface area contributed by atoms with E-state index in [1.807, 2.05) is 6.07 Å². The SMILES string of the molecule is Cc1cc2occ(CC(=O)NCCCN3CCC(C)CC3)c2cc1C. The predicted molar refractivity (Wildman–Crippen MR) is 102 cm³/mol. The van der Waals surface area contributed by atoms with E-state index >= 15 is 0 Å². The second kappa shape index (κ2) is 8.05. The van der Waals surface area contributed by atoms with Gasteiger partial charge in [-0.05, 0) is 81.9 Å². The van der Waals surface area contributed by atoms with Gasteiger partial charge in [0.05, 0.1) is 12.7 Å². The van der Waals surface area contributed by atoms with Crippen LogP contribution < -0.4 is 5.32 Å². The third kappa shape index (κ3) is 4.63. The molecule has 1 aromatic heterocycles. The van der Waals surface area contributed by atoms with Crippen LogP contribution in [0.3, 0.4) is 0 Å². The summed E-state index contributed by atoms with van der Waals surface area (Å²) in [4.78, 5) is 14.7. The van der Waals surface area contributed by atoms with E-state index in [2.05, 4.69) is 37.1 Å². The minimum Gasteiger partial charge on any atom is -0.464 e. The van der Waals surface area contributed by atoms with Crippen molar-refractivity contribution < 1.29 is 9.21 Å². The van der Waals surface area contributed by atoms with Gasteiger partial charge in [0.15, 0.2) is 0 Å². The van der Waals surface area contributed by atoms with Crippen LogP contribution in [0.5, 0.6) is 0 Å². The zero-order chi connectivity index (χ0) is 17.8. The van der Waals surface area contributed by atoms with Crippen LogP contribution in [0.4, 0.5) is 0 Å². The number of carbonyl (C=O) groups is 1. The summed E-state index contributed by atoms with van der Waals surface area (Å²) in [5, 5.41) is 4.11. The van der Waals surface area contributed by atoms with Gasteiger partial charge >= 0.3 is 0 Å². The Bertz CT molecular complexity index is 727. The van der Waals surface area contributed by atoms with Gasteiger partial charge in [0, 0.05) is 17.5 Å². The van der Waals surface area contributed by atoms with E-state index in [1.165, 1.54) is 37.1 Å². The van der Waals surface area contributed by atoms with E-state index in [0.717, 1.165) is 42.0 Å². The second-order valence-corrected chi connectivity index (χ2v) is 7.60. The van der Waals surface area contributed by atoms with Crippen LogP contribution in [0, 0.1) is 19.8 Å². The van der Waals surface area contributed by atoms with E-state index in [9.17, 15) is 4.79 Å². The highest BCUT2D eigenvalue weighted by atomic mass is 16.3. The zero-order valence-electron chi connectivity index (χ0n) is 15.7. The van der Waals surface area contributed by atoms with Crippen LogP contribution >= 0.6 is 0 Å². The van der Waals surface area contributed by atoms with Crippen molar-refractivity contribution in [3.8, 4) is 0 Å². The first-order valence-corrected chi connectivity index (χ1v) is 9.49. The monoisotopic (exact) mass is 342 g/mol. The highest BCUT2D eigenvalue weighted by Gasteiger charge is 2.15. The Kier molecular flexibility index (Phi) is 5.79. The Morgan fingerprint density at radius 2 is 1.96 bits per heavy atom. The molecule has 4 nitrogen and oxygen atoms in total. The first-order valence-electron chi connectivity index (χ1n) is 9.49. The lowest BCUT2D eigenvalue weighted by Gasteiger charge is -2.30. The number of hydrogen-bond acceptors (Lipinski definition) is 3. The quantitative estimate of drug-likeness (QED) is 0.812.